The second kappa shape index (κ2) is 38.0. The molecule has 0 N–H and O–H groups in total. The van der Waals surface area contributed by atoms with Gasteiger partial charge in [0.15, 0.2) is 0 Å². The average molecular weight is 869 g/mol. The van der Waals surface area contributed by atoms with Crippen LogP contribution >= 0.6 is 0 Å². The third kappa shape index (κ3) is 26.5. The van der Waals surface area contributed by atoms with Crippen LogP contribution in [-0.2, 0) is 0 Å². The van der Waals surface area contributed by atoms with Crippen molar-refractivity contribution in [3.8, 4) is 23.6 Å². The standard InChI is InChI=1S/C60H88N2O2/c1-3-5-7-9-11-13-15-17-19-21-23-25-27-29-31-33-47-63-59-43-39-55(40-44-59)57(51-61)49-53-35-37-54(38-36-53)50-58(52-62)56-41-45-60(46-42-56)64-48-34-32-30-28-26-24-22-20-18-16-14-12-10-8-6-4-2/h35-46,49-50H,3-34,47-48H2,1-2H3/b57-49-,58-50+. The molecule has 0 bridgehead atoms. The van der Waals surface area contributed by atoms with Crippen LogP contribution in [0.4, 0.5) is 0 Å². The molecule has 3 aromatic carbocycles. The van der Waals surface area contributed by atoms with Crippen molar-refractivity contribution in [2.75, 3.05) is 13.2 Å². The van der Waals surface area contributed by atoms with Crippen molar-refractivity contribution in [2.45, 2.75) is 219 Å². The maximum Gasteiger partial charge on any atom is 0.119 e. The average Bonchev–Trinajstić information content (AvgIpc) is 3.33. The van der Waals surface area contributed by atoms with Gasteiger partial charge in [-0.3, -0.25) is 0 Å². The van der Waals surface area contributed by atoms with E-state index in [1.807, 2.05) is 84.9 Å². The smallest absolute Gasteiger partial charge is 0.119 e. The normalized spacial score (nSPS) is 11.7. The predicted octanol–water partition coefficient (Wildman–Crippen LogP) is 19.1. The van der Waals surface area contributed by atoms with E-state index in [0.29, 0.717) is 11.1 Å². The number of hydrogen-bond donors (Lipinski definition) is 0. The molecule has 0 fully saturated rings. The van der Waals surface area contributed by atoms with Crippen LogP contribution in [0.2, 0.25) is 0 Å². The van der Waals surface area contributed by atoms with Crippen LogP contribution in [0.1, 0.15) is 242 Å². The summed E-state index contributed by atoms with van der Waals surface area (Å²) in [5, 5.41) is 20.0. The summed E-state index contributed by atoms with van der Waals surface area (Å²) in [4.78, 5) is 0. The lowest BCUT2D eigenvalue weighted by Gasteiger charge is -2.08. The molecule has 0 saturated heterocycles. The minimum Gasteiger partial charge on any atom is -0.494 e. The molecule has 0 amide bonds. The minimum absolute atomic E-state index is 0.600. The van der Waals surface area contributed by atoms with E-state index >= 15 is 0 Å². The molecule has 4 nitrogen and oxygen atoms in total. The zero-order chi connectivity index (χ0) is 45.4. The number of unbranched alkanes of at least 4 members (excludes halogenated alkanes) is 30. The van der Waals surface area contributed by atoms with Gasteiger partial charge in [-0.2, -0.15) is 10.5 Å². The molecule has 0 aliphatic heterocycles. The Morgan fingerprint density at radius 3 is 0.812 bits per heavy atom. The number of nitrogens with zero attached hydrogens (tertiary/aromatic N) is 2. The number of rotatable bonds is 40. The Morgan fingerprint density at radius 1 is 0.344 bits per heavy atom. The summed E-state index contributed by atoms with van der Waals surface area (Å²) in [6.07, 6.45) is 47.4. The lowest BCUT2D eigenvalue weighted by Crippen LogP contribution is -1.97. The van der Waals surface area contributed by atoms with E-state index in [-0.39, 0.29) is 0 Å². The Morgan fingerprint density at radius 2 is 0.578 bits per heavy atom. The highest BCUT2D eigenvalue weighted by Gasteiger charge is 2.06. The lowest BCUT2D eigenvalue weighted by atomic mass is 10.0. The molecule has 0 radical (unpaired) electrons. The number of hydrogen-bond acceptors (Lipinski definition) is 4. The first-order valence-corrected chi connectivity index (χ1v) is 26.5. The van der Waals surface area contributed by atoms with Crippen LogP contribution in [0, 0.1) is 22.7 Å². The van der Waals surface area contributed by atoms with E-state index < -0.39 is 0 Å². The first-order chi connectivity index (χ1) is 31.7. The van der Waals surface area contributed by atoms with Crippen molar-refractivity contribution < 1.29 is 9.47 Å². The molecule has 0 heterocycles. The van der Waals surface area contributed by atoms with Gasteiger partial charge in [0.1, 0.15) is 11.5 Å². The minimum atomic E-state index is 0.600. The van der Waals surface area contributed by atoms with Gasteiger partial charge >= 0.3 is 0 Å². The Balaban J connectivity index is 1.26. The predicted molar refractivity (Wildman–Crippen MR) is 276 cm³/mol. The van der Waals surface area contributed by atoms with E-state index in [2.05, 4.69) is 26.0 Å². The summed E-state index contributed by atoms with van der Waals surface area (Å²) in [5.41, 5.74) is 4.80. The molecule has 0 saturated carbocycles. The first kappa shape index (κ1) is 54.1. The van der Waals surface area contributed by atoms with Gasteiger partial charge in [0.05, 0.1) is 36.5 Å². The molecular formula is C60H88N2O2. The molecule has 0 aromatic heterocycles. The maximum absolute atomic E-state index is 9.98. The fourth-order valence-corrected chi connectivity index (χ4v) is 8.52. The highest BCUT2D eigenvalue weighted by Crippen LogP contribution is 2.25. The Hall–Kier alpha value is -4.28. The van der Waals surface area contributed by atoms with Crippen LogP contribution in [-0.4, -0.2) is 13.2 Å². The summed E-state index contributed by atoms with van der Waals surface area (Å²) in [5.74, 6) is 1.69. The van der Waals surface area contributed by atoms with Gasteiger partial charge < -0.3 is 9.47 Å². The van der Waals surface area contributed by atoms with Gasteiger partial charge in [-0.25, -0.2) is 0 Å². The molecule has 0 aliphatic carbocycles. The van der Waals surface area contributed by atoms with Crippen molar-refractivity contribution in [1.29, 1.82) is 10.5 Å². The van der Waals surface area contributed by atoms with Gasteiger partial charge in [-0.1, -0.05) is 231 Å². The van der Waals surface area contributed by atoms with Crippen molar-refractivity contribution >= 4 is 23.3 Å². The Labute approximate surface area is 393 Å². The quantitative estimate of drug-likeness (QED) is 0.0324. The summed E-state index contributed by atoms with van der Waals surface area (Å²) in [7, 11) is 0. The van der Waals surface area contributed by atoms with Crippen LogP contribution < -0.4 is 9.47 Å². The zero-order valence-electron chi connectivity index (χ0n) is 40.8. The molecule has 64 heavy (non-hydrogen) atoms. The van der Waals surface area contributed by atoms with Gasteiger partial charge in [-0.15, -0.1) is 0 Å². The molecular weight excluding hydrogens is 781 g/mol. The largest absolute Gasteiger partial charge is 0.494 e. The van der Waals surface area contributed by atoms with Gasteiger partial charge in [0, 0.05) is 0 Å². The number of ether oxygens (including phenoxy) is 2. The SMILES string of the molecule is CCCCCCCCCCCCCCCCCCOc1ccc(/C(C#N)=C/c2ccc(/C=C(/C#N)c3ccc(OCCCCCCCCCCCCCCCCCC)cc3)cc2)cc1. The Bertz CT molecular complexity index is 1580. The number of nitriles is 2. The number of benzene rings is 3. The highest BCUT2D eigenvalue weighted by molar-refractivity contribution is 5.91. The van der Waals surface area contributed by atoms with Crippen LogP contribution in [0.15, 0.2) is 72.8 Å². The summed E-state index contributed by atoms with van der Waals surface area (Å²) in [6, 6.07) is 28.4. The first-order valence-electron chi connectivity index (χ1n) is 26.5. The summed E-state index contributed by atoms with van der Waals surface area (Å²) >= 11 is 0. The third-order valence-corrected chi connectivity index (χ3v) is 12.7. The van der Waals surface area contributed by atoms with Gasteiger partial charge in [0.25, 0.3) is 0 Å². The maximum atomic E-state index is 9.98. The zero-order valence-corrected chi connectivity index (χ0v) is 40.8. The van der Waals surface area contributed by atoms with Crippen molar-refractivity contribution in [2.24, 2.45) is 0 Å². The lowest BCUT2D eigenvalue weighted by molar-refractivity contribution is 0.304. The fraction of sp³-hybridized carbons (Fsp3) is 0.600. The topological polar surface area (TPSA) is 66.0 Å². The molecule has 3 aromatic rings. The van der Waals surface area contributed by atoms with Crippen LogP contribution in [0.5, 0.6) is 11.5 Å². The molecule has 0 aliphatic rings. The summed E-state index contributed by atoms with van der Waals surface area (Å²) < 4.78 is 12.0. The fourth-order valence-electron chi connectivity index (χ4n) is 8.52. The van der Waals surface area contributed by atoms with Crippen molar-refractivity contribution in [3.63, 3.8) is 0 Å². The molecule has 3 rings (SSSR count). The number of allylic oxidation sites excluding steroid dienone is 2. The van der Waals surface area contributed by atoms with E-state index in [9.17, 15) is 10.5 Å². The molecule has 0 atom stereocenters. The molecule has 0 spiro atoms. The monoisotopic (exact) mass is 869 g/mol. The van der Waals surface area contributed by atoms with E-state index in [1.165, 1.54) is 193 Å². The third-order valence-electron chi connectivity index (χ3n) is 12.7. The molecule has 350 valence electrons. The van der Waals surface area contributed by atoms with Crippen molar-refractivity contribution in [1.82, 2.24) is 0 Å². The van der Waals surface area contributed by atoms with Gasteiger partial charge in [-0.05, 0) is 95.8 Å². The second-order valence-corrected chi connectivity index (χ2v) is 18.4. The van der Waals surface area contributed by atoms with Gasteiger partial charge in [0.2, 0.25) is 0 Å². The van der Waals surface area contributed by atoms with Crippen LogP contribution in [0.3, 0.4) is 0 Å². The van der Waals surface area contributed by atoms with E-state index in [0.717, 1.165) is 59.8 Å². The second-order valence-electron chi connectivity index (χ2n) is 18.4. The van der Waals surface area contributed by atoms with Crippen LogP contribution in [0.25, 0.3) is 23.3 Å². The van der Waals surface area contributed by atoms with Crippen molar-refractivity contribution in [3.05, 3.63) is 95.1 Å². The molecule has 0 unspecified atom stereocenters. The van der Waals surface area contributed by atoms with E-state index in [1.54, 1.807) is 0 Å². The van der Waals surface area contributed by atoms with E-state index in [4.69, 9.17) is 9.47 Å². The summed E-state index contributed by atoms with van der Waals surface area (Å²) in [6.45, 7) is 6.03. The molecule has 4 heteroatoms. The highest BCUT2D eigenvalue weighted by atomic mass is 16.5. The Kier molecular flexibility index (Phi) is 32.1.